The van der Waals surface area contributed by atoms with Crippen molar-refractivity contribution in [2.45, 2.75) is 19.9 Å². The van der Waals surface area contributed by atoms with E-state index in [2.05, 4.69) is 17.5 Å². The van der Waals surface area contributed by atoms with Crippen LogP contribution in [-0.4, -0.2) is 13.2 Å². The van der Waals surface area contributed by atoms with E-state index >= 15 is 0 Å². The Bertz CT molecular complexity index is 497. The summed E-state index contributed by atoms with van der Waals surface area (Å²) in [6.07, 6.45) is 0.919. The van der Waals surface area contributed by atoms with Gasteiger partial charge in [-0.3, -0.25) is 0 Å². The molecule has 2 rings (SSSR count). The number of benzene rings is 1. The number of thiophene rings is 1. The van der Waals surface area contributed by atoms with Crippen LogP contribution in [0.1, 0.15) is 17.4 Å². The minimum absolute atomic E-state index is 0.509. The SMILES string of the molecule is CCOc1cc(CN)ccc1OCCc1cccs1. The number of hydrogen-bond acceptors (Lipinski definition) is 4. The molecule has 0 atom stereocenters. The quantitative estimate of drug-likeness (QED) is 0.845. The highest BCUT2D eigenvalue weighted by molar-refractivity contribution is 7.09. The molecule has 1 aromatic carbocycles. The fourth-order valence-electron chi connectivity index (χ4n) is 1.78. The summed E-state index contributed by atoms with van der Waals surface area (Å²) < 4.78 is 11.4. The summed E-state index contributed by atoms with van der Waals surface area (Å²) in [7, 11) is 0. The first-order valence-electron chi connectivity index (χ1n) is 6.44. The first kappa shape index (κ1) is 13.9. The second-order valence-corrected chi connectivity index (χ2v) is 5.13. The number of nitrogens with two attached hydrogens (primary N) is 1. The van der Waals surface area contributed by atoms with Crippen molar-refractivity contribution < 1.29 is 9.47 Å². The van der Waals surface area contributed by atoms with Gasteiger partial charge in [0.05, 0.1) is 13.2 Å². The maximum absolute atomic E-state index is 5.80. The minimum atomic E-state index is 0.509. The number of ether oxygens (including phenoxy) is 2. The minimum Gasteiger partial charge on any atom is -0.490 e. The Morgan fingerprint density at radius 2 is 2.05 bits per heavy atom. The maximum Gasteiger partial charge on any atom is 0.161 e. The molecule has 1 heterocycles. The monoisotopic (exact) mass is 277 g/mol. The molecule has 0 aliphatic heterocycles. The van der Waals surface area contributed by atoms with Crippen LogP contribution >= 0.6 is 11.3 Å². The largest absolute Gasteiger partial charge is 0.490 e. The highest BCUT2D eigenvalue weighted by Crippen LogP contribution is 2.28. The molecule has 3 nitrogen and oxygen atoms in total. The summed E-state index contributed by atoms with van der Waals surface area (Å²) in [5.41, 5.74) is 6.68. The molecule has 4 heteroatoms. The van der Waals surface area contributed by atoms with Gasteiger partial charge in [0.15, 0.2) is 11.5 Å². The molecule has 2 N–H and O–H groups in total. The van der Waals surface area contributed by atoms with Crippen LogP contribution < -0.4 is 15.2 Å². The van der Waals surface area contributed by atoms with E-state index in [0.29, 0.717) is 19.8 Å². The Hall–Kier alpha value is -1.52. The highest BCUT2D eigenvalue weighted by Gasteiger charge is 2.06. The fraction of sp³-hybridized carbons (Fsp3) is 0.333. The van der Waals surface area contributed by atoms with E-state index in [1.54, 1.807) is 11.3 Å². The van der Waals surface area contributed by atoms with Crippen molar-refractivity contribution in [2.24, 2.45) is 5.73 Å². The lowest BCUT2D eigenvalue weighted by Gasteiger charge is -2.12. The lowest BCUT2D eigenvalue weighted by Crippen LogP contribution is -2.04. The van der Waals surface area contributed by atoms with E-state index in [0.717, 1.165) is 23.5 Å². The first-order chi connectivity index (χ1) is 9.33. The number of rotatable bonds is 7. The third-order valence-electron chi connectivity index (χ3n) is 2.73. The summed E-state index contributed by atoms with van der Waals surface area (Å²) in [4.78, 5) is 1.33. The third-order valence-corrected chi connectivity index (χ3v) is 3.67. The normalized spacial score (nSPS) is 10.4. The zero-order chi connectivity index (χ0) is 13.5. The van der Waals surface area contributed by atoms with Crippen molar-refractivity contribution >= 4 is 11.3 Å². The predicted molar refractivity (Wildman–Crippen MR) is 79.0 cm³/mol. The average molecular weight is 277 g/mol. The smallest absolute Gasteiger partial charge is 0.161 e. The molecule has 0 aliphatic rings. The van der Waals surface area contributed by atoms with Crippen LogP contribution in [0.4, 0.5) is 0 Å². The first-order valence-corrected chi connectivity index (χ1v) is 7.32. The molecule has 0 radical (unpaired) electrons. The van der Waals surface area contributed by atoms with Crippen molar-refractivity contribution in [1.82, 2.24) is 0 Å². The van der Waals surface area contributed by atoms with Gasteiger partial charge in [-0.2, -0.15) is 0 Å². The molecule has 0 unspecified atom stereocenters. The van der Waals surface area contributed by atoms with Crippen LogP contribution in [0.15, 0.2) is 35.7 Å². The summed E-state index contributed by atoms with van der Waals surface area (Å²) in [6.45, 7) is 3.75. The molecular formula is C15H19NO2S. The van der Waals surface area contributed by atoms with Gasteiger partial charge in [-0.1, -0.05) is 12.1 Å². The summed E-state index contributed by atoms with van der Waals surface area (Å²) in [5, 5.41) is 2.08. The van der Waals surface area contributed by atoms with Gasteiger partial charge in [0, 0.05) is 17.8 Å². The second kappa shape index (κ2) is 7.16. The molecule has 0 aliphatic carbocycles. The molecule has 0 amide bonds. The standard InChI is InChI=1S/C15H19NO2S/c1-2-17-15-10-12(11-16)5-6-14(15)18-8-7-13-4-3-9-19-13/h3-6,9-10H,2,7-8,11,16H2,1H3. The third kappa shape index (κ3) is 3.98. The van der Waals surface area contributed by atoms with E-state index in [1.807, 2.05) is 25.1 Å². The zero-order valence-corrected chi connectivity index (χ0v) is 11.9. The van der Waals surface area contributed by atoms with Crippen LogP contribution in [0.2, 0.25) is 0 Å². The molecule has 2 aromatic rings. The molecule has 0 spiro atoms. The molecule has 0 bridgehead atoms. The van der Waals surface area contributed by atoms with Gasteiger partial charge in [-0.05, 0) is 36.1 Å². The molecule has 0 saturated heterocycles. The van der Waals surface area contributed by atoms with E-state index in [1.165, 1.54) is 4.88 Å². The van der Waals surface area contributed by atoms with Crippen LogP contribution in [0.25, 0.3) is 0 Å². The van der Waals surface area contributed by atoms with Crippen LogP contribution in [-0.2, 0) is 13.0 Å². The van der Waals surface area contributed by atoms with Gasteiger partial charge in [-0.15, -0.1) is 11.3 Å². The van der Waals surface area contributed by atoms with E-state index < -0.39 is 0 Å². The van der Waals surface area contributed by atoms with Crippen LogP contribution in [0.3, 0.4) is 0 Å². The van der Waals surface area contributed by atoms with Gasteiger partial charge < -0.3 is 15.2 Å². The van der Waals surface area contributed by atoms with Crippen molar-refractivity contribution in [2.75, 3.05) is 13.2 Å². The Kier molecular flexibility index (Phi) is 5.24. The zero-order valence-electron chi connectivity index (χ0n) is 11.1. The van der Waals surface area contributed by atoms with Gasteiger partial charge in [0.2, 0.25) is 0 Å². The molecule has 0 fully saturated rings. The lowest BCUT2D eigenvalue weighted by molar-refractivity contribution is 0.279. The second-order valence-electron chi connectivity index (χ2n) is 4.10. The van der Waals surface area contributed by atoms with Gasteiger partial charge in [0.1, 0.15) is 0 Å². The summed E-state index contributed by atoms with van der Waals surface area (Å²) in [6, 6.07) is 10.0. The highest BCUT2D eigenvalue weighted by atomic mass is 32.1. The molecular weight excluding hydrogens is 258 g/mol. The molecule has 19 heavy (non-hydrogen) atoms. The van der Waals surface area contributed by atoms with Crippen LogP contribution in [0.5, 0.6) is 11.5 Å². The number of hydrogen-bond donors (Lipinski definition) is 1. The predicted octanol–water partition coefficient (Wildman–Crippen LogP) is 3.23. The summed E-state index contributed by atoms with van der Waals surface area (Å²) >= 11 is 1.75. The maximum atomic E-state index is 5.80. The Morgan fingerprint density at radius 3 is 2.74 bits per heavy atom. The van der Waals surface area contributed by atoms with Gasteiger partial charge in [0.25, 0.3) is 0 Å². The fourth-order valence-corrected chi connectivity index (χ4v) is 2.47. The Balaban J connectivity index is 1.98. The molecule has 102 valence electrons. The lowest BCUT2D eigenvalue weighted by atomic mass is 10.2. The van der Waals surface area contributed by atoms with E-state index in [9.17, 15) is 0 Å². The Morgan fingerprint density at radius 1 is 1.16 bits per heavy atom. The van der Waals surface area contributed by atoms with E-state index in [4.69, 9.17) is 15.2 Å². The topological polar surface area (TPSA) is 44.5 Å². The average Bonchev–Trinajstić information content (AvgIpc) is 2.94. The molecule has 1 aromatic heterocycles. The van der Waals surface area contributed by atoms with Gasteiger partial charge in [-0.25, -0.2) is 0 Å². The Labute approximate surface area is 118 Å². The molecule has 0 saturated carbocycles. The van der Waals surface area contributed by atoms with Crippen molar-refractivity contribution in [3.05, 3.63) is 46.2 Å². The van der Waals surface area contributed by atoms with Crippen molar-refractivity contribution in [3.63, 3.8) is 0 Å². The van der Waals surface area contributed by atoms with Crippen molar-refractivity contribution in [1.29, 1.82) is 0 Å². The van der Waals surface area contributed by atoms with Crippen LogP contribution in [0, 0.1) is 0 Å². The van der Waals surface area contributed by atoms with Crippen molar-refractivity contribution in [3.8, 4) is 11.5 Å². The van der Waals surface area contributed by atoms with Gasteiger partial charge >= 0.3 is 0 Å². The van der Waals surface area contributed by atoms with E-state index in [-0.39, 0.29) is 0 Å². The summed E-state index contributed by atoms with van der Waals surface area (Å²) in [5.74, 6) is 1.56.